The van der Waals surface area contributed by atoms with Crippen molar-refractivity contribution in [3.8, 4) is 6.07 Å². The number of ether oxygens (including phenoxy) is 1. The summed E-state index contributed by atoms with van der Waals surface area (Å²) in [4.78, 5) is 12.2. The fraction of sp³-hybridized carbons (Fsp3) is 0.250. The van der Waals surface area contributed by atoms with Gasteiger partial charge in [0.05, 0.1) is 5.52 Å². The number of carbonyl (C=O) groups excluding carboxylic acids is 1. The molecule has 0 N–H and O–H groups in total. The first kappa shape index (κ1) is 14.8. The van der Waals surface area contributed by atoms with Gasteiger partial charge in [-0.05, 0) is 32.9 Å². The van der Waals surface area contributed by atoms with E-state index >= 15 is 0 Å². The Morgan fingerprint density at radius 2 is 2.05 bits per heavy atom. The molecule has 0 aliphatic carbocycles. The van der Waals surface area contributed by atoms with E-state index in [-0.39, 0.29) is 0 Å². The summed E-state index contributed by atoms with van der Waals surface area (Å²) in [6.45, 7) is 5.31. The van der Waals surface area contributed by atoms with Crippen molar-refractivity contribution >= 4 is 23.1 Å². The quantitative estimate of drug-likeness (QED) is 0.736. The van der Waals surface area contributed by atoms with Crippen LogP contribution in [0.5, 0.6) is 0 Å². The number of para-hydroxylation sites is 1. The molecule has 2 aromatic rings. The molecule has 0 unspecified atom stereocenters. The standard InChI is InChI=1S/C16H15FN2O2/c1-16(2,3)21-15(20)19-10-11(8-12(17)9-18)13-6-4-5-7-14(13)19/h4-8,10H,1-3H3/b12-8-. The number of nitriles is 1. The van der Waals surface area contributed by atoms with Crippen LogP contribution in [0.2, 0.25) is 0 Å². The molecule has 2 rings (SSSR count). The fourth-order valence-corrected chi connectivity index (χ4v) is 1.95. The summed E-state index contributed by atoms with van der Waals surface area (Å²) in [6, 6.07) is 8.47. The highest BCUT2D eigenvalue weighted by molar-refractivity contribution is 5.95. The van der Waals surface area contributed by atoms with Crippen LogP contribution in [0, 0.1) is 11.3 Å². The molecule has 108 valence electrons. The fourth-order valence-electron chi connectivity index (χ4n) is 1.95. The third kappa shape index (κ3) is 3.29. The largest absolute Gasteiger partial charge is 0.443 e. The lowest BCUT2D eigenvalue weighted by molar-refractivity contribution is 0.0544. The highest BCUT2D eigenvalue weighted by Crippen LogP contribution is 2.24. The average Bonchev–Trinajstić information content (AvgIpc) is 2.76. The van der Waals surface area contributed by atoms with Gasteiger partial charge in [0.1, 0.15) is 11.7 Å². The number of hydrogen-bond donors (Lipinski definition) is 0. The molecule has 4 nitrogen and oxygen atoms in total. The van der Waals surface area contributed by atoms with Crippen molar-refractivity contribution in [2.75, 3.05) is 0 Å². The number of rotatable bonds is 1. The molecule has 0 amide bonds. The molecule has 0 saturated heterocycles. The lowest BCUT2D eigenvalue weighted by atomic mass is 10.1. The van der Waals surface area contributed by atoms with Gasteiger partial charge < -0.3 is 4.74 Å². The Morgan fingerprint density at radius 1 is 1.38 bits per heavy atom. The van der Waals surface area contributed by atoms with Crippen LogP contribution in [0.1, 0.15) is 26.3 Å². The van der Waals surface area contributed by atoms with Gasteiger partial charge in [0.15, 0.2) is 0 Å². The number of hydrogen-bond acceptors (Lipinski definition) is 3. The van der Waals surface area contributed by atoms with E-state index in [1.165, 1.54) is 16.8 Å². The number of fused-ring (bicyclic) bond motifs is 1. The summed E-state index contributed by atoms with van der Waals surface area (Å²) in [7, 11) is 0. The number of aromatic nitrogens is 1. The van der Waals surface area contributed by atoms with Gasteiger partial charge in [-0.25, -0.2) is 4.79 Å². The van der Waals surface area contributed by atoms with E-state index in [9.17, 15) is 9.18 Å². The van der Waals surface area contributed by atoms with Crippen LogP contribution in [0.25, 0.3) is 17.0 Å². The zero-order valence-electron chi connectivity index (χ0n) is 12.1. The van der Waals surface area contributed by atoms with Gasteiger partial charge in [0.25, 0.3) is 0 Å². The second-order valence-electron chi connectivity index (χ2n) is 5.56. The summed E-state index contributed by atoms with van der Waals surface area (Å²) in [5, 5.41) is 9.22. The van der Waals surface area contributed by atoms with Crippen molar-refractivity contribution in [2.45, 2.75) is 26.4 Å². The monoisotopic (exact) mass is 286 g/mol. The maximum absolute atomic E-state index is 13.2. The minimum Gasteiger partial charge on any atom is -0.443 e. The second-order valence-corrected chi connectivity index (χ2v) is 5.56. The number of carbonyl (C=O) groups is 1. The van der Waals surface area contributed by atoms with Gasteiger partial charge in [-0.1, -0.05) is 18.2 Å². The number of halogens is 1. The van der Waals surface area contributed by atoms with Crippen LogP contribution in [-0.2, 0) is 4.74 Å². The summed E-state index contributed by atoms with van der Waals surface area (Å²) in [6.07, 6.45) is 2.02. The Morgan fingerprint density at radius 3 is 2.67 bits per heavy atom. The van der Waals surface area contributed by atoms with Crippen molar-refractivity contribution in [3.63, 3.8) is 0 Å². The van der Waals surface area contributed by atoms with Gasteiger partial charge in [0.2, 0.25) is 5.83 Å². The Hall–Kier alpha value is -2.61. The Kier molecular flexibility index (Phi) is 3.81. The van der Waals surface area contributed by atoms with E-state index in [2.05, 4.69) is 0 Å². The number of benzene rings is 1. The summed E-state index contributed by atoms with van der Waals surface area (Å²) in [5.74, 6) is -0.915. The van der Waals surface area contributed by atoms with Gasteiger partial charge >= 0.3 is 6.09 Å². The molecule has 0 aliphatic heterocycles. The highest BCUT2D eigenvalue weighted by Gasteiger charge is 2.20. The van der Waals surface area contributed by atoms with Crippen LogP contribution in [0.15, 0.2) is 36.3 Å². The first-order valence-corrected chi connectivity index (χ1v) is 6.42. The molecule has 0 radical (unpaired) electrons. The third-order valence-corrected chi connectivity index (χ3v) is 2.72. The van der Waals surface area contributed by atoms with Crippen molar-refractivity contribution in [1.82, 2.24) is 4.57 Å². The summed E-state index contributed by atoms with van der Waals surface area (Å²) in [5.41, 5.74) is 0.426. The summed E-state index contributed by atoms with van der Waals surface area (Å²) >= 11 is 0. The van der Waals surface area contributed by atoms with Gasteiger partial charge in [0, 0.05) is 17.1 Å². The van der Waals surface area contributed by atoms with E-state index < -0.39 is 17.5 Å². The molecule has 21 heavy (non-hydrogen) atoms. The number of nitrogens with zero attached hydrogens (tertiary/aromatic N) is 2. The second kappa shape index (κ2) is 5.41. The minimum absolute atomic E-state index is 0.454. The lowest BCUT2D eigenvalue weighted by Gasteiger charge is -2.19. The summed E-state index contributed by atoms with van der Waals surface area (Å²) < 4.78 is 19.8. The first-order chi connectivity index (χ1) is 9.81. The van der Waals surface area contributed by atoms with Crippen molar-refractivity contribution in [1.29, 1.82) is 5.26 Å². The third-order valence-electron chi connectivity index (χ3n) is 2.72. The Labute approximate surface area is 122 Å². The van der Waals surface area contributed by atoms with E-state index in [0.29, 0.717) is 16.5 Å². The molecular weight excluding hydrogens is 271 g/mol. The van der Waals surface area contributed by atoms with E-state index in [1.807, 2.05) is 0 Å². The minimum atomic E-state index is -0.915. The van der Waals surface area contributed by atoms with Crippen LogP contribution in [0.3, 0.4) is 0 Å². The molecule has 1 aromatic heterocycles. The SMILES string of the molecule is CC(C)(C)OC(=O)n1cc(/C=C(\F)C#N)c2ccccc21. The van der Waals surface area contributed by atoms with E-state index in [1.54, 1.807) is 45.0 Å². The van der Waals surface area contributed by atoms with Crippen molar-refractivity contribution in [2.24, 2.45) is 0 Å². The average molecular weight is 286 g/mol. The van der Waals surface area contributed by atoms with Gasteiger partial charge in [-0.2, -0.15) is 9.65 Å². The highest BCUT2D eigenvalue weighted by atomic mass is 19.1. The van der Waals surface area contributed by atoms with Crippen LogP contribution >= 0.6 is 0 Å². The number of allylic oxidation sites excluding steroid dienone is 1. The smallest absolute Gasteiger partial charge is 0.419 e. The predicted octanol–water partition coefficient (Wildman–Crippen LogP) is 4.26. The molecule has 1 heterocycles. The topological polar surface area (TPSA) is 55.0 Å². The zero-order chi connectivity index (χ0) is 15.6. The lowest BCUT2D eigenvalue weighted by Crippen LogP contribution is -2.26. The van der Waals surface area contributed by atoms with Crippen molar-refractivity contribution < 1.29 is 13.9 Å². The molecule has 0 fully saturated rings. The molecule has 1 aromatic carbocycles. The molecular formula is C16H15FN2O2. The van der Waals surface area contributed by atoms with Gasteiger partial charge in [-0.15, -0.1) is 0 Å². The Balaban J connectivity index is 2.56. The molecule has 0 aliphatic rings. The zero-order valence-corrected chi connectivity index (χ0v) is 12.1. The van der Waals surface area contributed by atoms with Crippen molar-refractivity contribution in [3.05, 3.63) is 41.9 Å². The van der Waals surface area contributed by atoms with Crippen LogP contribution in [-0.4, -0.2) is 16.3 Å². The van der Waals surface area contributed by atoms with Gasteiger partial charge in [-0.3, -0.25) is 4.57 Å². The molecule has 5 heteroatoms. The Bertz CT molecular complexity index is 761. The first-order valence-electron chi connectivity index (χ1n) is 6.42. The van der Waals surface area contributed by atoms with E-state index in [0.717, 1.165) is 6.08 Å². The van der Waals surface area contributed by atoms with Crippen LogP contribution < -0.4 is 0 Å². The van der Waals surface area contributed by atoms with E-state index in [4.69, 9.17) is 10.00 Å². The maximum Gasteiger partial charge on any atom is 0.419 e. The predicted molar refractivity (Wildman–Crippen MR) is 78.3 cm³/mol. The normalized spacial score (nSPS) is 12.2. The molecule has 0 bridgehead atoms. The van der Waals surface area contributed by atoms with Crippen LogP contribution in [0.4, 0.5) is 9.18 Å². The molecule has 0 spiro atoms. The maximum atomic E-state index is 13.2. The molecule has 0 atom stereocenters. The molecule has 0 saturated carbocycles.